The van der Waals surface area contributed by atoms with Gasteiger partial charge in [-0.3, -0.25) is 9.69 Å². The normalized spacial score (nSPS) is 19.3. The molecule has 2 aliphatic rings. The van der Waals surface area contributed by atoms with Crippen molar-refractivity contribution in [1.82, 2.24) is 10.2 Å². The standard InChI is InChI=1S/C25H35N3O5/c1-4-14-28-17(2)21(24(30)33-16-15-32-3)22(27-25(28)31)18-10-12-20(13-11-18)26-23(29)19-8-6-5-7-9-19/h10-13,19,22H,4-9,14-16H2,1-3H3,(H,26,29)(H,27,31)/t22-/m1/s1. The third-order valence-electron chi connectivity index (χ3n) is 6.27. The molecule has 1 atom stereocenters. The molecule has 180 valence electrons. The Bertz CT molecular complexity index is 875. The Morgan fingerprint density at radius 2 is 1.82 bits per heavy atom. The number of methoxy groups -OCH3 is 1. The van der Waals surface area contributed by atoms with Gasteiger partial charge in [0.15, 0.2) is 0 Å². The Hall–Kier alpha value is -2.87. The average Bonchev–Trinajstić information content (AvgIpc) is 2.82. The number of esters is 1. The minimum atomic E-state index is -0.635. The highest BCUT2D eigenvalue weighted by Crippen LogP contribution is 2.32. The van der Waals surface area contributed by atoms with Crippen LogP contribution in [0.5, 0.6) is 0 Å². The van der Waals surface area contributed by atoms with Crippen LogP contribution in [0.1, 0.15) is 64.0 Å². The lowest BCUT2D eigenvalue weighted by Gasteiger charge is -2.35. The first-order valence-electron chi connectivity index (χ1n) is 11.8. The summed E-state index contributed by atoms with van der Waals surface area (Å²) in [6, 6.07) is 6.39. The number of hydrogen-bond acceptors (Lipinski definition) is 5. The van der Waals surface area contributed by atoms with Gasteiger partial charge < -0.3 is 20.1 Å². The van der Waals surface area contributed by atoms with Gasteiger partial charge in [-0.25, -0.2) is 9.59 Å². The average molecular weight is 458 g/mol. The molecule has 0 unspecified atom stereocenters. The van der Waals surface area contributed by atoms with E-state index >= 15 is 0 Å². The highest BCUT2D eigenvalue weighted by atomic mass is 16.6. The van der Waals surface area contributed by atoms with E-state index in [0.29, 0.717) is 30.1 Å². The lowest BCUT2D eigenvalue weighted by molar-refractivity contribution is -0.141. The number of nitrogens with zero attached hydrogens (tertiary/aromatic N) is 1. The monoisotopic (exact) mass is 457 g/mol. The van der Waals surface area contributed by atoms with Crippen LogP contribution in [-0.4, -0.2) is 49.7 Å². The van der Waals surface area contributed by atoms with Crippen LogP contribution in [0, 0.1) is 5.92 Å². The van der Waals surface area contributed by atoms with Gasteiger partial charge in [0.05, 0.1) is 18.2 Å². The lowest BCUT2D eigenvalue weighted by atomic mass is 9.88. The number of carbonyl (C=O) groups is 3. The van der Waals surface area contributed by atoms with Crippen molar-refractivity contribution < 1.29 is 23.9 Å². The smallest absolute Gasteiger partial charge is 0.338 e. The molecule has 8 nitrogen and oxygen atoms in total. The van der Waals surface area contributed by atoms with Crippen molar-refractivity contribution in [2.75, 3.05) is 32.2 Å². The number of amides is 3. The van der Waals surface area contributed by atoms with Crippen LogP contribution in [0.25, 0.3) is 0 Å². The quantitative estimate of drug-likeness (QED) is 0.429. The zero-order valence-electron chi connectivity index (χ0n) is 19.8. The van der Waals surface area contributed by atoms with Crippen molar-refractivity contribution >= 4 is 23.6 Å². The minimum absolute atomic E-state index is 0.0572. The fraction of sp³-hybridized carbons (Fsp3) is 0.560. The maximum atomic E-state index is 12.9. The molecular weight excluding hydrogens is 422 g/mol. The van der Waals surface area contributed by atoms with Gasteiger partial charge in [0, 0.05) is 31.0 Å². The molecule has 0 radical (unpaired) electrons. The summed E-state index contributed by atoms with van der Waals surface area (Å²) in [6.07, 6.45) is 6.03. The SMILES string of the molecule is CCCN1C(=O)N[C@H](c2ccc(NC(=O)C3CCCCC3)cc2)C(C(=O)OCCOC)=C1C. The van der Waals surface area contributed by atoms with E-state index < -0.39 is 12.0 Å². The van der Waals surface area contributed by atoms with Crippen molar-refractivity contribution in [3.05, 3.63) is 41.1 Å². The number of rotatable bonds is 9. The molecular formula is C25H35N3O5. The van der Waals surface area contributed by atoms with E-state index in [9.17, 15) is 14.4 Å². The Labute approximate surface area is 195 Å². The molecule has 1 aromatic carbocycles. The molecule has 0 aromatic heterocycles. The third kappa shape index (κ3) is 6.13. The molecule has 1 saturated carbocycles. The van der Waals surface area contributed by atoms with E-state index in [4.69, 9.17) is 9.47 Å². The number of carbonyl (C=O) groups excluding carboxylic acids is 3. The van der Waals surface area contributed by atoms with E-state index in [1.165, 1.54) is 6.42 Å². The van der Waals surface area contributed by atoms with Gasteiger partial charge in [0.2, 0.25) is 5.91 Å². The Kier molecular flexibility index (Phi) is 8.88. The molecule has 1 heterocycles. The van der Waals surface area contributed by atoms with Crippen LogP contribution in [0.15, 0.2) is 35.5 Å². The van der Waals surface area contributed by atoms with E-state index in [0.717, 1.165) is 37.7 Å². The van der Waals surface area contributed by atoms with E-state index in [-0.39, 0.29) is 24.5 Å². The van der Waals surface area contributed by atoms with Gasteiger partial charge in [-0.1, -0.05) is 38.3 Å². The molecule has 0 saturated heterocycles. The van der Waals surface area contributed by atoms with Crippen LogP contribution in [-0.2, 0) is 19.1 Å². The predicted molar refractivity (Wildman–Crippen MR) is 125 cm³/mol. The van der Waals surface area contributed by atoms with Gasteiger partial charge in [0.1, 0.15) is 6.61 Å². The van der Waals surface area contributed by atoms with Crippen molar-refractivity contribution in [2.24, 2.45) is 5.92 Å². The molecule has 33 heavy (non-hydrogen) atoms. The number of urea groups is 1. The van der Waals surface area contributed by atoms with E-state index in [1.54, 1.807) is 18.9 Å². The summed E-state index contributed by atoms with van der Waals surface area (Å²) in [5.74, 6) is -0.355. The van der Waals surface area contributed by atoms with Gasteiger partial charge in [-0.05, 0) is 43.9 Å². The minimum Gasteiger partial charge on any atom is -0.460 e. The third-order valence-corrected chi connectivity index (χ3v) is 6.27. The molecule has 1 aliphatic carbocycles. The maximum absolute atomic E-state index is 12.9. The van der Waals surface area contributed by atoms with Crippen molar-refractivity contribution in [1.29, 1.82) is 0 Å². The largest absolute Gasteiger partial charge is 0.460 e. The Balaban J connectivity index is 1.80. The summed E-state index contributed by atoms with van der Waals surface area (Å²) >= 11 is 0. The van der Waals surface area contributed by atoms with E-state index in [1.807, 2.05) is 31.2 Å². The molecule has 3 rings (SSSR count). The summed E-state index contributed by atoms with van der Waals surface area (Å²) in [5, 5.41) is 5.94. The zero-order chi connectivity index (χ0) is 23.8. The van der Waals surface area contributed by atoms with Crippen molar-refractivity contribution in [2.45, 2.75) is 58.4 Å². The van der Waals surface area contributed by atoms with Gasteiger partial charge in [0.25, 0.3) is 0 Å². The summed E-state index contributed by atoms with van der Waals surface area (Å²) < 4.78 is 10.4. The summed E-state index contributed by atoms with van der Waals surface area (Å²) in [4.78, 5) is 39.8. The van der Waals surface area contributed by atoms with Crippen LogP contribution < -0.4 is 10.6 Å². The first-order valence-corrected chi connectivity index (χ1v) is 11.8. The number of nitrogens with one attached hydrogen (secondary N) is 2. The molecule has 0 spiro atoms. The van der Waals surface area contributed by atoms with Crippen LogP contribution in [0.4, 0.5) is 10.5 Å². The molecule has 1 aliphatic heterocycles. The topological polar surface area (TPSA) is 97.0 Å². The maximum Gasteiger partial charge on any atom is 0.338 e. The van der Waals surface area contributed by atoms with Crippen molar-refractivity contribution in [3.63, 3.8) is 0 Å². The summed E-state index contributed by atoms with van der Waals surface area (Å²) in [7, 11) is 1.54. The summed E-state index contributed by atoms with van der Waals surface area (Å²) in [5.41, 5.74) is 2.43. The highest BCUT2D eigenvalue weighted by Gasteiger charge is 2.36. The van der Waals surface area contributed by atoms with Gasteiger partial charge in [-0.2, -0.15) is 0 Å². The second-order valence-electron chi connectivity index (χ2n) is 8.61. The second kappa shape index (κ2) is 11.8. The first kappa shape index (κ1) is 24.8. The fourth-order valence-corrected chi connectivity index (χ4v) is 4.45. The second-order valence-corrected chi connectivity index (χ2v) is 8.61. The Morgan fingerprint density at radius 1 is 1.12 bits per heavy atom. The molecule has 3 amide bonds. The van der Waals surface area contributed by atoms with Crippen LogP contribution in [0.2, 0.25) is 0 Å². The van der Waals surface area contributed by atoms with E-state index in [2.05, 4.69) is 10.6 Å². The number of ether oxygens (including phenoxy) is 2. The molecule has 8 heteroatoms. The lowest BCUT2D eigenvalue weighted by Crippen LogP contribution is -2.48. The summed E-state index contributed by atoms with van der Waals surface area (Å²) in [6.45, 7) is 4.68. The number of hydrogen-bond donors (Lipinski definition) is 2. The molecule has 1 aromatic rings. The molecule has 0 bridgehead atoms. The number of allylic oxidation sites excluding steroid dienone is 1. The zero-order valence-corrected chi connectivity index (χ0v) is 19.8. The van der Waals surface area contributed by atoms with Crippen LogP contribution >= 0.6 is 0 Å². The van der Waals surface area contributed by atoms with Crippen molar-refractivity contribution in [3.8, 4) is 0 Å². The Morgan fingerprint density at radius 3 is 2.45 bits per heavy atom. The fourth-order valence-electron chi connectivity index (χ4n) is 4.45. The predicted octanol–water partition coefficient (Wildman–Crippen LogP) is 4.15. The molecule has 1 fully saturated rings. The molecule has 2 N–H and O–H groups in total. The van der Waals surface area contributed by atoms with Gasteiger partial charge >= 0.3 is 12.0 Å². The van der Waals surface area contributed by atoms with Crippen LogP contribution in [0.3, 0.4) is 0 Å². The number of anilines is 1. The number of benzene rings is 1. The highest BCUT2D eigenvalue weighted by molar-refractivity contribution is 5.95. The first-order chi connectivity index (χ1) is 16.0. The van der Waals surface area contributed by atoms with Gasteiger partial charge in [-0.15, -0.1) is 0 Å².